The molecular weight excluding hydrogens is 577 g/mol. The first-order valence-electron chi connectivity index (χ1n) is 10.1. The third kappa shape index (κ3) is 7.00. The van der Waals surface area contributed by atoms with Crippen molar-refractivity contribution >= 4 is 62.1 Å². The number of hydrogen-bond donors (Lipinski definition) is 4. The first kappa shape index (κ1) is 34.3. The molecule has 0 bridgehead atoms. The Bertz CT molecular complexity index is 1020. The summed E-state index contributed by atoms with van der Waals surface area (Å²) in [5.41, 5.74) is 0. The maximum atomic E-state index is 12.4. The first-order valence-corrected chi connectivity index (χ1v) is 18.5. The predicted octanol–water partition coefficient (Wildman–Crippen LogP) is 2.27. The van der Waals surface area contributed by atoms with Crippen LogP contribution in [0.1, 0.15) is 54.4 Å². The van der Waals surface area contributed by atoms with Crippen molar-refractivity contribution in [3.8, 4) is 0 Å². The van der Waals surface area contributed by atoms with Gasteiger partial charge in [0.2, 0.25) is 0 Å². The summed E-state index contributed by atoms with van der Waals surface area (Å²) >= 11 is 0. The van der Waals surface area contributed by atoms with Gasteiger partial charge in [-0.15, -0.1) is 0 Å². The predicted molar refractivity (Wildman–Crippen MR) is 134 cm³/mol. The third-order valence-corrected chi connectivity index (χ3v) is 16.4. The van der Waals surface area contributed by atoms with Crippen LogP contribution < -0.4 is 0 Å². The second-order valence-electron chi connectivity index (χ2n) is 8.32. The molecule has 0 aliphatic rings. The van der Waals surface area contributed by atoms with Crippen LogP contribution >= 0.6 is 21.6 Å². The van der Waals surface area contributed by atoms with Gasteiger partial charge in [-0.05, 0) is 25.7 Å². The van der Waals surface area contributed by atoms with E-state index in [1.807, 2.05) is 0 Å². The Balaban J connectivity index is 6.47. The van der Waals surface area contributed by atoms with Crippen LogP contribution in [0, 0.1) is 11.8 Å². The van der Waals surface area contributed by atoms with Crippen LogP contribution in [0.4, 0.5) is 0 Å². The lowest BCUT2D eigenvalue weighted by atomic mass is 9.89. The van der Waals surface area contributed by atoms with E-state index in [1.165, 1.54) is 13.8 Å². The van der Waals surface area contributed by atoms with Gasteiger partial charge in [0, 0.05) is 11.5 Å². The van der Waals surface area contributed by atoms with Crippen LogP contribution in [0.2, 0.25) is 0 Å². The fourth-order valence-electron chi connectivity index (χ4n) is 3.86. The van der Waals surface area contributed by atoms with E-state index in [2.05, 4.69) is 0 Å². The van der Waals surface area contributed by atoms with Gasteiger partial charge in [0.15, 0.2) is 0 Å². The maximum absolute atomic E-state index is 12.4. The molecule has 0 aromatic carbocycles. The van der Waals surface area contributed by atoms with Crippen molar-refractivity contribution in [2.45, 2.75) is 74.4 Å². The lowest BCUT2D eigenvalue weighted by Gasteiger charge is -2.40. The average molecular weight is 611 g/mol. The fourth-order valence-corrected chi connectivity index (χ4v) is 14.6. The molecule has 0 aromatic heterocycles. The van der Waals surface area contributed by atoms with Crippen molar-refractivity contribution in [1.29, 1.82) is 0 Å². The van der Waals surface area contributed by atoms with Crippen LogP contribution in [0.15, 0.2) is 0 Å². The van der Waals surface area contributed by atoms with Gasteiger partial charge in [-0.1, -0.05) is 62.1 Å². The summed E-state index contributed by atoms with van der Waals surface area (Å²) in [7, 11) is -18.9. The van der Waals surface area contributed by atoms with E-state index in [4.69, 9.17) is 0 Å². The van der Waals surface area contributed by atoms with Crippen LogP contribution in [0.25, 0.3) is 0 Å². The Kier molecular flexibility index (Phi) is 11.9. The Morgan fingerprint density at radius 1 is 0.588 bits per heavy atom. The lowest BCUT2D eigenvalue weighted by molar-refractivity contribution is 0.335. The lowest BCUT2D eigenvalue weighted by Crippen LogP contribution is -2.58. The summed E-state index contributed by atoms with van der Waals surface area (Å²) in [5, 5.41) is -3.92. The quantitative estimate of drug-likeness (QED) is 0.119. The zero-order chi connectivity index (χ0) is 27.6. The van der Waals surface area contributed by atoms with E-state index in [-0.39, 0.29) is 12.8 Å². The van der Waals surface area contributed by atoms with Crippen LogP contribution in [-0.4, -0.2) is 83.4 Å². The average Bonchev–Trinajstić information content (AvgIpc) is 2.65. The third-order valence-electron chi connectivity index (χ3n) is 6.78. The van der Waals surface area contributed by atoms with E-state index in [0.717, 1.165) is 13.8 Å². The molecule has 0 aliphatic heterocycles. The largest absolute Gasteiger partial charge is 0.285 e. The molecular formula is C16H34O12S6. The highest BCUT2D eigenvalue weighted by molar-refractivity contribution is 8.76. The molecule has 0 amide bonds. The highest BCUT2D eigenvalue weighted by Crippen LogP contribution is 2.45. The minimum Gasteiger partial charge on any atom is -0.285 e. The molecule has 206 valence electrons. The normalized spacial score (nSPS) is 21.1. The van der Waals surface area contributed by atoms with E-state index < -0.39 is 83.8 Å². The summed E-state index contributed by atoms with van der Waals surface area (Å²) in [6, 6.07) is 0. The summed E-state index contributed by atoms with van der Waals surface area (Å²) in [6.07, 6.45) is 0.180. The van der Waals surface area contributed by atoms with E-state index in [0.29, 0.717) is 21.6 Å². The molecule has 0 saturated heterocycles. The van der Waals surface area contributed by atoms with Gasteiger partial charge in [0.1, 0.15) is 20.0 Å². The molecule has 0 heterocycles. The maximum Gasteiger partial charge on any atom is 0.273 e. The molecule has 0 radical (unpaired) electrons. The topological polar surface area (TPSA) is 217 Å². The molecule has 6 atom stereocenters. The van der Waals surface area contributed by atoms with Crippen molar-refractivity contribution in [1.82, 2.24) is 0 Å². The van der Waals surface area contributed by atoms with Crippen molar-refractivity contribution in [3.05, 3.63) is 0 Å². The molecule has 18 heteroatoms. The summed E-state index contributed by atoms with van der Waals surface area (Å²) < 4.78 is 131. The Hall–Kier alpha value is 0.340. The molecule has 0 aliphatic carbocycles. The van der Waals surface area contributed by atoms with E-state index in [9.17, 15) is 51.9 Å². The van der Waals surface area contributed by atoms with Crippen molar-refractivity contribution in [3.63, 3.8) is 0 Å². The Morgan fingerprint density at radius 3 is 0.971 bits per heavy atom. The molecule has 0 rings (SSSR count). The van der Waals surface area contributed by atoms with Gasteiger partial charge in [-0.3, -0.25) is 18.2 Å². The first-order chi connectivity index (χ1) is 15.0. The SMILES string of the molecule is CCC(C)C(CSSCC(C(C)CC)(C(C)S(=O)(=O)O)S(=O)(=O)O)(C(C)S(=O)(=O)O)S(=O)(=O)O. The molecule has 0 aromatic rings. The van der Waals surface area contributed by atoms with Crippen LogP contribution in [0.3, 0.4) is 0 Å². The minimum atomic E-state index is -5.10. The standard InChI is InChI=1S/C16H34O12S6/c1-7-11(3)15(33(23,24)25,13(5)31(17,18)19)9-29-30-10-16(12(4)8-2,34(26,27)28)14(6)32(20,21)22/h11-14H,7-10H2,1-6H3,(H,17,18,19)(H,20,21,22)(H,23,24,25)(H,26,27,28). The van der Waals surface area contributed by atoms with Crippen molar-refractivity contribution in [2.75, 3.05) is 11.5 Å². The monoisotopic (exact) mass is 610 g/mol. The molecule has 34 heavy (non-hydrogen) atoms. The highest BCUT2D eigenvalue weighted by atomic mass is 33.1. The van der Waals surface area contributed by atoms with Gasteiger partial charge in [0.25, 0.3) is 40.5 Å². The van der Waals surface area contributed by atoms with Gasteiger partial charge in [0.05, 0.1) is 0 Å². The number of rotatable bonds is 15. The second-order valence-corrected chi connectivity index (χ2v) is 17.7. The number of hydrogen-bond acceptors (Lipinski definition) is 10. The van der Waals surface area contributed by atoms with Gasteiger partial charge in [-0.25, -0.2) is 0 Å². The van der Waals surface area contributed by atoms with E-state index >= 15 is 0 Å². The van der Waals surface area contributed by atoms with Gasteiger partial charge < -0.3 is 0 Å². The van der Waals surface area contributed by atoms with E-state index in [1.54, 1.807) is 13.8 Å². The summed E-state index contributed by atoms with van der Waals surface area (Å²) in [5.74, 6) is -3.22. The van der Waals surface area contributed by atoms with Crippen molar-refractivity contribution in [2.24, 2.45) is 11.8 Å². The molecule has 0 fully saturated rings. The van der Waals surface area contributed by atoms with Crippen molar-refractivity contribution < 1.29 is 51.9 Å². The summed E-state index contributed by atoms with van der Waals surface area (Å²) in [4.78, 5) is 0. The molecule has 4 N–H and O–H groups in total. The fraction of sp³-hybridized carbons (Fsp3) is 1.00. The molecule has 0 saturated carbocycles. The van der Waals surface area contributed by atoms with Gasteiger partial charge >= 0.3 is 0 Å². The summed E-state index contributed by atoms with van der Waals surface area (Å²) in [6.45, 7) is 7.65. The molecule has 0 spiro atoms. The van der Waals surface area contributed by atoms with Gasteiger partial charge in [-0.2, -0.15) is 33.7 Å². The van der Waals surface area contributed by atoms with Crippen LogP contribution in [0.5, 0.6) is 0 Å². The Morgan fingerprint density at radius 2 is 0.824 bits per heavy atom. The zero-order valence-electron chi connectivity index (χ0n) is 19.6. The van der Waals surface area contributed by atoms with Crippen LogP contribution in [-0.2, 0) is 40.5 Å². The minimum absolute atomic E-state index is 0.0898. The Labute approximate surface area is 210 Å². The highest BCUT2D eigenvalue weighted by Gasteiger charge is 2.58. The molecule has 12 nitrogen and oxygen atoms in total. The molecule has 6 unspecified atom stereocenters. The smallest absolute Gasteiger partial charge is 0.273 e. The zero-order valence-corrected chi connectivity index (χ0v) is 24.5. The second kappa shape index (κ2) is 11.8.